The lowest BCUT2D eigenvalue weighted by molar-refractivity contribution is 0.577. The molecule has 0 spiro atoms. The predicted molar refractivity (Wildman–Crippen MR) is 80.0 cm³/mol. The van der Waals surface area contributed by atoms with Crippen LogP contribution in [-0.2, 0) is 23.1 Å². The Morgan fingerprint density at radius 3 is 2.71 bits per heavy atom. The van der Waals surface area contributed by atoms with Gasteiger partial charge in [-0.2, -0.15) is 0 Å². The van der Waals surface area contributed by atoms with Crippen molar-refractivity contribution >= 4 is 21.4 Å². The second kappa shape index (κ2) is 6.61. The van der Waals surface area contributed by atoms with Gasteiger partial charge in [0.25, 0.3) is 0 Å². The second-order valence-electron chi connectivity index (χ2n) is 4.49. The van der Waals surface area contributed by atoms with Gasteiger partial charge in [-0.15, -0.1) is 11.3 Å². The summed E-state index contributed by atoms with van der Waals surface area (Å²) in [4.78, 5) is 4.23. The first-order valence-corrected chi connectivity index (χ1v) is 8.62. The van der Waals surface area contributed by atoms with E-state index in [9.17, 15) is 12.8 Å². The molecule has 0 saturated carbocycles. The number of thiazole rings is 1. The van der Waals surface area contributed by atoms with E-state index in [1.807, 2.05) is 12.3 Å². The van der Waals surface area contributed by atoms with E-state index in [1.54, 1.807) is 7.05 Å². The lowest BCUT2D eigenvalue weighted by Crippen LogP contribution is -2.23. The molecule has 2 aromatic rings. The molecule has 5 nitrogen and oxygen atoms in total. The van der Waals surface area contributed by atoms with Crippen molar-refractivity contribution in [1.82, 2.24) is 15.0 Å². The Balaban J connectivity index is 2.17. The molecular formula is C13H16FN3O2S2. The molecule has 21 heavy (non-hydrogen) atoms. The van der Waals surface area contributed by atoms with Gasteiger partial charge in [0.1, 0.15) is 10.8 Å². The zero-order valence-corrected chi connectivity index (χ0v) is 13.3. The number of nitrogens with zero attached hydrogens (tertiary/aromatic N) is 1. The highest BCUT2D eigenvalue weighted by Crippen LogP contribution is 2.16. The predicted octanol–water partition coefficient (Wildman–Crippen LogP) is 1.79. The van der Waals surface area contributed by atoms with Crippen LogP contribution in [0.3, 0.4) is 0 Å². The average molecular weight is 329 g/mol. The number of sulfonamides is 1. The molecular weight excluding hydrogens is 313 g/mol. The van der Waals surface area contributed by atoms with Crippen molar-refractivity contribution in [3.63, 3.8) is 0 Å². The third-order valence-corrected chi connectivity index (χ3v) is 5.14. The Hall–Kier alpha value is -1.35. The summed E-state index contributed by atoms with van der Waals surface area (Å²) in [6.07, 6.45) is 0. The van der Waals surface area contributed by atoms with Gasteiger partial charge in [-0.05, 0) is 32.2 Å². The smallest absolute Gasteiger partial charge is 0.240 e. The van der Waals surface area contributed by atoms with Gasteiger partial charge in [-0.3, -0.25) is 0 Å². The first kappa shape index (κ1) is 16.0. The SMILES string of the molecule is CNCc1cc(S(=O)(=O)NCc2nc(C)cs2)ccc1F. The summed E-state index contributed by atoms with van der Waals surface area (Å²) in [6.45, 7) is 2.24. The fourth-order valence-corrected chi connectivity index (χ4v) is 3.61. The number of rotatable bonds is 6. The molecule has 0 atom stereocenters. The van der Waals surface area contributed by atoms with E-state index in [-0.39, 0.29) is 18.0 Å². The second-order valence-corrected chi connectivity index (χ2v) is 7.20. The molecule has 0 unspecified atom stereocenters. The number of benzene rings is 1. The molecule has 0 bridgehead atoms. The molecule has 0 aliphatic heterocycles. The molecule has 0 radical (unpaired) electrons. The van der Waals surface area contributed by atoms with Gasteiger partial charge in [-0.25, -0.2) is 22.5 Å². The Labute approximate surface area is 127 Å². The van der Waals surface area contributed by atoms with E-state index in [4.69, 9.17) is 0 Å². The topological polar surface area (TPSA) is 71.1 Å². The minimum Gasteiger partial charge on any atom is -0.316 e. The van der Waals surface area contributed by atoms with E-state index < -0.39 is 15.8 Å². The molecule has 2 N–H and O–H groups in total. The van der Waals surface area contributed by atoms with Gasteiger partial charge in [0.05, 0.1) is 11.4 Å². The lowest BCUT2D eigenvalue weighted by atomic mass is 10.2. The third-order valence-electron chi connectivity index (χ3n) is 2.77. The van der Waals surface area contributed by atoms with E-state index in [1.165, 1.54) is 23.5 Å². The van der Waals surface area contributed by atoms with Crippen LogP contribution in [0.15, 0.2) is 28.5 Å². The first-order chi connectivity index (χ1) is 9.92. The molecule has 0 saturated heterocycles. The van der Waals surface area contributed by atoms with Gasteiger partial charge in [0.15, 0.2) is 0 Å². The maximum atomic E-state index is 13.5. The zero-order valence-electron chi connectivity index (χ0n) is 11.7. The van der Waals surface area contributed by atoms with Crippen molar-refractivity contribution in [2.75, 3.05) is 7.05 Å². The average Bonchev–Trinajstić information content (AvgIpc) is 2.85. The van der Waals surface area contributed by atoms with Crippen LogP contribution in [0.4, 0.5) is 4.39 Å². The molecule has 0 aliphatic rings. The third kappa shape index (κ3) is 4.07. The van der Waals surface area contributed by atoms with E-state index in [2.05, 4.69) is 15.0 Å². The van der Waals surface area contributed by atoms with Crippen LogP contribution < -0.4 is 10.0 Å². The van der Waals surface area contributed by atoms with E-state index >= 15 is 0 Å². The normalized spacial score (nSPS) is 11.8. The molecule has 2 rings (SSSR count). The highest BCUT2D eigenvalue weighted by molar-refractivity contribution is 7.89. The number of nitrogens with one attached hydrogen (secondary N) is 2. The zero-order chi connectivity index (χ0) is 15.5. The summed E-state index contributed by atoms with van der Waals surface area (Å²) in [5.41, 5.74) is 1.16. The Morgan fingerprint density at radius 1 is 1.33 bits per heavy atom. The molecule has 8 heteroatoms. The van der Waals surface area contributed by atoms with Gasteiger partial charge in [0, 0.05) is 23.2 Å². The van der Waals surface area contributed by atoms with Crippen LogP contribution in [0.5, 0.6) is 0 Å². The van der Waals surface area contributed by atoms with Crippen molar-refractivity contribution in [2.45, 2.75) is 24.9 Å². The molecule has 0 fully saturated rings. The van der Waals surface area contributed by atoms with Crippen LogP contribution >= 0.6 is 11.3 Å². The van der Waals surface area contributed by atoms with Gasteiger partial charge in [-0.1, -0.05) is 0 Å². The van der Waals surface area contributed by atoms with Crippen LogP contribution in [0.25, 0.3) is 0 Å². The maximum Gasteiger partial charge on any atom is 0.240 e. The molecule has 1 aromatic carbocycles. The van der Waals surface area contributed by atoms with Crippen molar-refractivity contribution in [3.8, 4) is 0 Å². The highest BCUT2D eigenvalue weighted by atomic mass is 32.2. The van der Waals surface area contributed by atoms with Crippen LogP contribution in [0.2, 0.25) is 0 Å². The number of halogens is 1. The minimum absolute atomic E-state index is 0.0439. The summed E-state index contributed by atoms with van der Waals surface area (Å²) in [5.74, 6) is -0.432. The fraction of sp³-hybridized carbons (Fsp3) is 0.308. The Kier molecular flexibility index (Phi) is 5.04. The first-order valence-electron chi connectivity index (χ1n) is 6.26. The van der Waals surface area contributed by atoms with Gasteiger partial charge >= 0.3 is 0 Å². The van der Waals surface area contributed by atoms with Crippen molar-refractivity contribution < 1.29 is 12.8 Å². The van der Waals surface area contributed by atoms with E-state index in [0.29, 0.717) is 10.6 Å². The molecule has 0 amide bonds. The highest BCUT2D eigenvalue weighted by Gasteiger charge is 2.16. The Bertz CT molecular complexity index is 729. The van der Waals surface area contributed by atoms with Crippen LogP contribution in [0, 0.1) is 12.7 Å². The summed E-state index contributed by atoms with van der Waals surface area (Å²) in [6, 6.07) is 3.75. The summed E-state index contributed by atoms with van der Waals surface area (Å²) < 4.78 is 40.4. The number of aryl methyl sites for hydroxylation is 1. The molecule has 1 aromatic heterocycles. The van der Waals surface area contributed by atoms with Crippen molar-refractivity contribution in [3.05, 3.63) is 45.7 Å². The van der Waals surface area contributed by atoms with E-state index in [0.717, 1.165) is 11.8 Å². The number of hydrogen-bond donors (Lipinski definition) is 2. The van der Waals surface area contributed by atoms with Gasteiger partial charge in [0.2, 0.25) is 10.0 Å². The lowest BCUT2D eigenvalue weighted by Gasteiger charge is -2.08. The fourth-order valence-electron chi connectivity index (χ4n) is 1.77. The monoisotopic (exact) mass is 329 g/mol. The Morgan fingerprint density at radius 2 is 2.10 bits per heavy atom. The molecule has 0 aliphatic carbocycles. The number of aromatic nitrogens is 1. The summed E-state index contributed by atoms with van der Waals surface area (Å²) in [7, 11) is -2.01. The minimum atomic E-state index is -3.68. The quantitative estimate of drug-likeness (QED) is 0.847. The standard InChI is InChI=1S/C13H16FN3O2S2/c1-9-8-20-13(17-9)7-16-21(18,19)11-3-4-12(14)10(5-11)6-15-2/h3-5,8,15-16H,6-7H2,1-2H3. The summed E-state index contributed by atoms with van der Waals surface area (Å²) in [5, 5.41) is 5.34. The summed E-state index contributed by atoms with van der Waals surface area (Å²) >= 11 is 1.39. The molecule has 114 valence electrons. The maximum absolute atomic E-state index is 13.5. The molecule has 1 heterocycles. The van der Waals surface area contributed by atoms with Crippen LogP contribution in [-0.4, -0.2) is 20.4 Å². The van der Waals surface area contributed by atoms with Crippen molar-refractivity contribution in [2.24, 2.45) is 0 Å². The van der Waals surface area contributed by atoms with Crippen LogP contribution in [0.1, 0.15) is 16.3 Å². The van der Waals surface area contributed by atoms with Gasteiger partial charge < -0.3 is 5.32 Å². The largest absolute Gasteiger partial charge is 0.316 e. The van der Waals surface area contributed by atoms with Crippen molar-refractivity contribution in [1.29, 1.82) is 0 Å². The number of hydrogen-bond acceptors (Lipinski definition) is 5.